The molecule has 35 valence electrons. The maximum absolute atomic E-state index is 0. The topological polar surface area (TPSA) is 85.5 Å². The molecule has 0 amide bonds. The third kappa shape index (κ3) is 25.3. The molecule has 0 unspecified atom stereocenters. The van der Waals surface area contributed by atoms with Crippen LogP contribution in [0.3, 0.4) is 0 Å². The van der Waals surface area contributed by atoms with Crippen LogP contribution in [0.4, 0.5) is 0 Å². The number of rotatable bonds is 0. The van der Waals surface area contributed by atoms with Crippen LogP contribution in [0.2, 0.25) is 0 Å². The minimum Gasteiger partial charge on any atom is -2.00 e. The molecule has 0 bridgehead atoms. The third-order valence-electron chi connectivity index (χ3n) is 0. The molecule has 0 saturated carbocycles. The van der Waals surface area contributed by atoms with Crippen molar-refractivity contribution in [3.05, 3.63) is 0 Å². The van der Waals surface area contributed by atoms with Crippen LogP contribution in [0.5, 0.6) is 0 Å². The monoisotopic (exact) mass is 399 g/mol. The van der Waals surface area contributed by atoms with Crippen LogP contribution >= 0.6 is 0 Å². The standard InChI is InChI=1S/Gd.Ir.3O/q2*+3;3*-2. The van der Waals surface area contributed by atoms with Crippen LogP contribution in [0.15, 0.2) is 0 Å². The fourth-order valence-electron chi connectivity index (χ4n) is 0. The zero-order chi connectivity index (χ0) is 0. The van der Waals surface area contributed by atoms with Gasteiger partial charge < -0.3 is 16.4 Å². The summed E-state index contributed by atoms with van der Waals surface area (Å²) in [5, 5.41) is 0. The minimum absolute atomic E-state index is 0. The molecule has 0 aliphatic carbocycles. The van der Waals surface area contributed by atoms with E-state index >= 15 is 0 Å². The second-order valence-electron chi connectivity index (χ2n) is 0. The first-order valence-electron chi connectivity index (χ1n) is 0. The van der Waals surface area contributed by atoms with Gasteiger partial charge in [0.2, 0.25) is 0 Å². The molecule has 3 nitrogen and oxygen atoms in total. The van der Waals surface area contributed by atoms with E-state index in [-0.39, 0.29) is 76.5 Å². The smallest absolute Gasteiger partial charge is 2.00 e. The molecule has 1 radical (unpaired) electrons. The van der Waals surface area contributed by atoms with E-state index in [1.54, 1.807) is 0 Å². The van der Waals surface area contributed by atoms with E-state index < -0.39 is 0 Å². The van der Waals surface area contributed by atoms with Gasteiger partial charge in [0.15, 0.2) is 0 Å². The van der Waals surface area contributed by atoms with Crippen LogP contribution in [-0.2, 0) is 36.5 Å². The van der Waals surface area contributed by atoms with E-state index in [9.17, 15) is 0 Å². The molecule has 0 aromatic carbocycles. The van der Waals surface area contributed by atoms with Crippen molar-refractivity contribution in [1.82, 2.24) is 0 Å². The molecule has 0 atom stereocenters. The fraction of sp³-hybridized carbons (Fsp3) is 0. The largest absolute Gasteiger partial charge is 3.00 e. The molecule has 0 N–H and O–H groups in total. The van der Waals surface area contributed by atoms with Crippen molar-refractivity contribution in [2.75, 3.05) is 0 Å². The van der Waals surface area contributed by atoms with Crippen molar-refractivity contribution in [2.45, 2.75) is 0 Å². The Morgan fingerprint density at radius 1 is 0.600 bits per heavy atom. The van der Waals surface area contributed by atoms with E-state index in [4.69, 9.17) is 0 Å². The van der Waals surface area contributed by atoms with Gasteiger partial charge in [-0.2, -0.15) is 0 Å². The zero-order valence-electron chi connectivity index (χ0n) is 1.91. The Morgan fingerprint density at radius 2 is 0.600 bits per heavy atom. The van der Waals surface area contributed by atoms with Crippen molar-refractivity contribution in [1.29, 1.82) is 0 Å². The molecule has 0 aromatic heterocycles. The quantitative estimate of drug-likeness (QED) is 0.535. The van der Waals surface area contributed by atoms with Crippen LogP contribution < -0.4 is 0 Å². The van der Waals surface area contributed by atoms with Gasteiger partial charge in [0.25, 0.3) is 0 Å². The normalized spacial score (nSPS) is 0. The summed E-state index contributed by atoms with van der Waals surface area (Å²) in [5.41, 5.74) is 0. The summed E-state index contributed by atoms with van der Waals surface area (Å²) in [6, 6.07) is 0. The fourth-order valence-corrected chi connectivity index (χ4v) is 0. The zero-order valence-corrected chi connectivity index (χ0v) is 6.58. The molecule has 0 rings (SSSR count). The van der Waals surface area contributed by atoms with Crippen molar-refractivity contribution >= 4 is 0 Å². The maximum Gasteiger partial charge on any atom is 3.00 e. The SMILES string of the molecule is [Gd+3].[Ir+3].[O-2].[O-2].[O-2]. The average Bonchev–Trinajstić information content (AvgIpc) is 0. The Labute approximate surface area is 75.5 Å². The van der Waals surface area contributed by atoms with Crippen molar-refractivity contribution in [3.63, 3.8) is 0 Å². The van der Waals surface area contributed by atoms with E-state index in [1.807, 2.05) is 0 Å². The van der Waals surface area contributed by atoms with Crippen molar-refractivity contribution in [3.8, 4) is 0 Å². The van der Waals surface area contributed by atoms with Crippen LogP contribution in [0.1, 0.15) is 0 Å². The summed E-state index contributed by atoms with van der Waals surface area (Å²) in [6.07, 6.45) is 0. The Bertz CT molecular complexity index is 6.85. The minimum atomic E-state index is 0. The van der Waals surface area contributed by atoms with Gasteiger partial charge in [-0.15, -0.1) is 0 Å². The molecule has 0 fully saturated rings. The predicted octanol–water partition coefficient (Wildman–Crippen LogP) is -0.359. The molecule has 0 spiro atoms. The third-order valence-corrected chi connectivity index (χ3v) is 0. The van der Waals surface area contributed by atoms with E-state index in [0.29, 0.717) is 0 Å². The molecule has 5 heavy (non-hydrogen) atoms. The van der Waals surface area contributed by atoms with Gasteiger partial charge in [0.1, 0.15) is 0 Å². The number of hydrogen-bond acceptors (Lipinski definition) is 0. The van der Waals surface area contributed by atoms with Gasteiger partial charge in [-0.1, -0.05) is 0 Å². The second kappa shape index (κ2) is 40.1. The Kier molecular flexibility index (Phi) is 548. The van der Waals surface area contributed by atoms with Crippen LogP contribution in [-0.4, -0.2) is 0 Å². The van der Waals surface area contributed by atoms with Gasteiger partial charge in [-0.25, -0.2) is 0 Å². The predicted molar refractivity (Wildman–Crippen MR) is 2.06 cm³/mol. The molecule has 0 heterocycles. The van der Waals surface area contributed by atoms with E-state index in [0.717, 1.165) is 0 Å². The first kappa shape index (κ1) is 68.3. The summed E-state index contributed by atoms with van der Waals surface area (Å²) >= 11 is 0. The summed E-state index contributed by atoms with van der Waals surface area (Å²) in [7, 11) is 0. The molecule has 0 saturated heterocycles. The molecule has 0 aliphatic heterocycles. The van der Waals surface area contributed by atoms with Gasteiger partial charge in [-0.05, 0) is 0 Å². The van der Waals surface area contributed by atoms with Crippen LogP contribution in [0, 0.1) is 39.9 Å². The van der Waals surface area contributed by atoms with Gasteiger partial charge >= 0.3 is 60.0 Å². The van der Waals surface area contributed by atoms with Gasteiger partial charge in [-0.3, -0.25) is 0 Å². The molecular formula is GdIrO3. The Hall–Kier alpha value is 1.85. The average molecular weight is 397 g/mol. The summed E-state index contributed by atoms with van der Waals surface area (Å²) in [5.74, 6) is 0. The molecular weight excluding hydrogens is 397 g/mol. The molecule has 0 aliphatic rings. The maximum atomic E-state index is 0. The Morgan fingerprint density at radius 3 is 0.600 bits per heavy atom. The van der Waals surface area contributed by atoms with E-state index in [2.05, 4.69) is 0 Å². The van der Waals surface area contributed by atoms with Crippen LogP contribution in [0.25, 0.3) is 0 Å². The first-order chi connectivity index (χ1) is 0. The summed E-state index contributed by atoms with van der Waals surface area (Å²) < 4.78 is 0. The summed E-state index contributed by atoms with van der Waals surface area (Å²) in [6.45, 7) is 0. The van der Waals surface area contributed by atoms with E-state index in [1.165, 1.54) is 0 Å². The molecule has 5 heteroatoms. The van der Waals surface area contributed by atoms with Gasteiger partial charge in [0.05, 0.1) is 0 Å². The number of hydrogen-bond donors (Lipinski definition) is 0. The Balaban J connectivity index is 0. The van der Waals surface area contributed by atoms with Gasteiger partial charge in [0, 0.05) is 0 Å². The van der Waals surface area contributed by atoms with Crippen molar-refractivity contribution in [2.24, 2.45) is 0 Å². The summed E-state index contributed by atoms with van der Waals surface area (Å²) in [4.78, 5) is 0. The molecule has 0 aromatic rings. The van der Waals surface area contributed by atoms with Crippen molar-refractivity contribution < 1.29 is 76.5 Å². The first-order valence-corrected chi connectivity index (χ1v) is 0. The second-order valence-corrected chi connectivity index (χ2v) is 0.